The molecule has 1 N–H and O–H groups in total. The second-order valence-electron chi connectivity index (χ2n) is 10.7. The molecule has 2 aromatic rings. The van der Waals surface area contributed by atoms with E-state index in [1.807, 2.05) is 30.3 Å². The van der Waals surface area contributed by atoms with Crippen molar-refractivity contribution >= 4 is 29.0 Å². The van der Waals surface area contributed by atoms with E-state index in [-0.39, 0.29) is 17.6 Å². The first kappa shape index (κ1) is 20.4. The van der Waals surface area contributed by atoms with Crippen LogP contribution in [0.25, 0.3) is 0 Å². The molecule has 4 aliphatic carbocycles. The van der Waals surface area contributed by atoms with Crippen LogP contribution in [0.15, 0.2) is 48.5 Å². The predicted molar refractivity (Wildman–Crippen MR) is 123 cm³/mol. The molecule has 5 heteroatoms. The number of rotatable bonds is 5. The molecule has 0 spiro atoms. The molecule has 166 valence electrons. The van der Waals surface area contributed by atoms with Crippen LogP contribution in [0, 0.1) is 23.2 Å². The lowest BCUT2D eigenvalue weighted by Crippen LogP contribution is -2.52. The molecular formula is C27H28ClNO3. The van der Waals surface area contributed by atoms with Gasteiger partial charge in [0.2, 0.25) is 0 Å². The fourth-order valence-electron chi connectivity index (χ4n) is 7.49. The molecule has 32 heavy (non-hydrogen) atoms. The normalized spacial score (nSPS) is 34.8. The number of anilines is 1. The number of nitrogens with zero attached hydrogens (tertiary/aromatic N) is 1. The fraction of sp³-hybridized carbons (Fsp3) is 0.481. The highest BCUT2D eigenvalue weighted by atomic mass is 35.5. The van der Waals surface area contributed by atoms with Gasteiger partial charge >= 0.3 is 0 Å². The molecule has 1 amide bonds. The molecular weight excluding hydrogens is 422 g/mol. The number of carbonyl (C=O) groups excluding carboxylic acids is 2. The summed E-state index contributed by atoms with van der Waals surface area (Å²) in [5, 5.41) is 12.2. The van der Waals surface area contributed by atoms with E-state index >= 15 is 0 Å². The summed E-state index contributed by atoms with van der Waals surface area (Å²) in [5.74, 6) is 1.55. The molecule has 0 unspecified atom stereocenters. The smallest absolute Gasteiger partial charge is 0.264 e. The lowest BCUT2D eigenvalue weighted by atomic mass is 9.48. The minimum Gasteiger partial charge on any atom is -0.375 e. The molecule has 4 nitrogen and oxygen atoms in total. The standard InChI is InChI=1S/C27H28ClNO3/c28-21-6-7-23-22(11-21)27(32,25(31)29(23)16-17-4-2-1-3-5-17)15-24(30)26-12-18-8-19(13-26)10-20(9-18)14-26/h1-7,11,18-20,32H,8-10,12-16H2/t18?,19?,20?,26?,27-/m0/s1. The van der Waals surface area contributed by atoms with Crippen molar-refractivity contribution in [3.05, 3.63) is 64.7 Å². The first-order valence-electron chi connectivity index (χ1n) is 11.8. The van der Waals surface area contributed by atoms with Crippen LogP contribution in [-0.4, -0.2) is 16.8 Å². The number of aliphatic hydroxyl groups is 1. The van der Waals surface area contributed by atoms with E-state index < -0.39 is 11.5 Å². The number of ketones is 1. The van der Waals surface area contributed by atoms with Gasteiger partial charge in [-0.05, 0) is 80.0 Å². The zero-order valence-corrected chi connectivity index (χ0v) is 18.9. The first-order valence-corrected chi connectivity index (χ1v) is 12.2. The highest BCUT2D eigenvalue weighted by Gasteiger charge is 2.58. The third-order valence-corrected chi connectivity index (χ3v) is 8.76. The quantitative estimate of drug-likeness (QED) is 0.678. The van der Waals surface area contributed by atoms with E-state index in [4.69, 9.17) is 11.6 Å². The van der Waals surface area contributed by atoms with Crippen LogP contribution >= 0.6 is 11.6 Å². The summed E-state index contributed by atoms with van der Waals surface area (Å²) in [6.45, 7) is 0.349. The summed E-state index contributed by atoms with van der Waals surface area (Å²) in [7, 11) is 0. The van der Waals surface area contributed by atoms with Crippen molar-refractivity contribution in [2.45, 2.75) is 57.1 Å². The Hall–Kier alpha value is -2.17. The maximum atomic E-state index is 13.8. The van der Waals surface area contributed by atoms with Gasteiger partial charge in [0.05, 0.1) is 12.2 Å². The van der Waals surface area contributed by atoms with Gasteiger partial charge in [-0.1, -0.05) is 41.9 Å². The van der Waals surface area contributed by atoms with E-state index in [2.05, 4.69) is 0 Å². The van der Waals surface area contributed by atoms with Crippen molar-refractivity contribution in [2.24, 2.45) is 23.2 Å². The van der Waals surface area contributed by atoms with Crippen molar-refractivity contribution in [3.63, 3.8) is 0 Å². The van der Waals surface area contributed by atoms with Gasteiger partial charge in [0.25, 0.3) is 5.91 Å². The van der Waals surface area contributed by atoms with Crippen molar-refractivity contribution < 1.29 is 14.7 Å². The largest absolute Gasteiger partial charge is 0.375 e. The highest BCUT2D eigenvalue weighted by molar-refractivity contribution is 6.31. The molecule has 2 aromatic carbocycles. The molecule has 0 aromatic heterocycles. The third kappa shape index (κ3) is 3.07. The number of hydrogen-bond acceptors (Lipinski definition) is 3. The Morgan fingerprint density at radius 3 is 2.25 bits per heavy atom. The fourth-order valence-corrected chi connectivity index (χ4v) is 7.66. The highest BCUT2D eigenvalue weighted by Crippen LogP contribution is 2.61. The summed E-state index contributed by atoms with van der Waals surface area (Å²) < 4.78 is 0. The van der Waals surface area contributed by atoms with Crippen LogP contribution < -0.4 is 4.90 Å². The van der Waals surface area contributed by atoms with Crippen LogP contribution in [0.5, 0.6) is 0 Å². The Kier molecular flexibility index (Phi) is 4.58. The van der Waals surface area contributed by atoms with Gasteiger partial charge < -0.3 is 10.0 Å². The number of carbonyl (C=O) groups is 2. The minimum atomic E-state index is -1.85. The molecule has 4 bridgehead atoms. The molecule has 4 saturated carbocycles. The third-order valence-electron chi connectivity index (χ3n) is 8.52. The van der Waals surface area contributed by atoms with Crippen LogP contribution in [0.1, 0.15) is 56.1 Å². The Bertz CT molecular complexity index is 1060. The van der Waals surface area contributed by atoms with Crippen molar-refractivity contribution in [1.29, 1.82) is 0 Å². The zero-order chi connectivity index (χ0) is 22.1. The molecule has 4 fully saturated rings. The van der Waals surface area contributed by atoms with Crippen LogP contribution in [-0.2, 0) is 21.7 Å². The SMILES string of the molecule is O=C(C[C@@]1(O)C(=O)N(Cc2ccccc2)c2ccc(Cl)cc21)C12CC3CC(CC(C3)C1)C2. The lowest BCUT2D eigenvalue weighted by Gasteiger charge is -2.56. The van der Waals surface area contributed by atoms with Gasteiger partial charge in [-0.25, -0.2) is 0 Å². The zero-order valence-electron chi connectivity index (χ0n) is 18.1. The monoisotopic (exact) mass is 449 g/mol. The second-order valence-corrected chi connectivity index (χ2v) is 11.1. The predicted octanol–water partition coefficient (Wildman–Crippen LogP) is 5.25. The summed E-state index contributed by atoms with van der Waals surface area (Å²) in [6, 6.07) is 14.9. The molecule has 5 aliphatic rings. The average molecular weight is 450 g/mol. The Morgan fingerprint density at radius 2 is 1.62 bits per heavy atom. The van der Waals surface area contributed by atoms with Crippen molar-refractivity contribution in [1.82, 2.24) is 0 Å². The van der Waals surface area contributed by atoms with E-state index in [1.165, 1.54) is 19.3 Å². The van der Waals surface area contributed by atoms with Crippen LogP contribution in [0.3, 0.4) is 0 Å². The first-order chi connectivity index (χ1) is 15.4. The van der Waals surface area contributed by atoms with Gasteiger partial charge in [-0.3, -0.25) is 9.59 Å². The maximum absolute atomic E-state index is 13.8. The molecule has 1 aliphatic heterocycles. The number of amides is 1. The average Bonchev–Trinajstić information content (AvgIpc) is 2.95. The van der Waals surface area contributed by atoms with Crippen LogP contribution in [0.2, 0.25) is 5.02 Å². The number of hydrogen-bond donors (Lipinski definition) is 1. The number of fused-ring (bicyclic) bond motifs is 1. The van der Waals surface area contributed by atoms with Crippen molar-refractivity contribution in [3.8, 4) is 0 Å². The van der Waals surface area contributed by atoms with E-state index in [1.54, 1.807) is 23.1 Å². The number of benzene rings is 2. The Labute approximate surface area is 193 Å². The van der Waals surface area contributed by atoms with Gasteiger partial charge in [0, 0.05) is 22.4 Å². The summed E-state index contributed by atoms with van der Waals surface area (Å²) >= 11 is 6.27. The summed E-state index contributed by atoms with van der Waals surface area (Å²) in [5.41, 5.74) is -0.127. The molecule has 0 radical (unpaired) electrons. The summed E-state index contributed by atoms with van der Waals surface area (Å²) in [4.78, 5) is 29.0. The molecule has 0 saturated heterocycles. The number of Topliss-reactive ketones (excluding diaryl/α,β-unsaturated/α-hetero) is 1. The molecule has 1 heterocycles. The lowest BCUT2D eigenvalue weighted by molar-refractivity contribution is -0.154. The van der Waals surface area contributed by atoms with Gasteiger partial charge in [0.1, 0.15) is 5.78 Å². The Balaban J connectivity index is 1.34. The van der Waals surface area contributed by atoms with Gasteiger partial charge in [0.15, 0.2) is 5.60 Å². The van der Waals surface area contributed by atoms with Gasteiger partial charge in [-0.15, -0.1) is 0 Å². The van der Waals surface area contributed by atoms with Crippen molar-refractivity contribution in [2.75, 3.05) is 4.90 Å². The second kappa shape index (κ2) is 7.16. The maximum Gasteiger partial charge on any atom is 0.264 e. The van der Waals surface area contributed by atoms with E-state index in [0.29, 0.717) is 40.6 Å². The molecule has 1 atom stereocenters. The Morgan fingerprint density at radius 1 is 1.00 bits per heavy atom. The topological polar surface area (TPSA) is 57.6 Å². The minimum absolute atomic E-state index is 0.0694. The van der Waals surface area contributed by atoms with Crippen LogP contribution in [0.4, 0.5) is 5.69 Å². The summed E-state index contributed by atoms with van der Waals surface area (Å²) in [6.07, 6.45) is 6.38. The van der Waals surface area contributed by atoms with E-state index in [9.17, 15) is 14.7 Å². The van der Waals surface area contributed by atoms with Gasteiger partial charge in [-0.2, -0.15) is 0 Å². The van der Waals surface area contributed by atoms with E-state index in [0.717, 1.165) is 24.8 Å². The number of halogens is 1. The molecule has 7 rings (SSSR count).